The molecule has 0 aromatic rings. The molecule has 20 heavy (non-hydrogen) atoms. The molecule has 1 fully saturated rings. The number of aliphatic carboxylic acids is 1. The van der Waals surface area contributed by atoms with Crippen LogP contribution < -0.4 is 5.73 Å². The largest absolute Gasteiger partial charge is 0.481 e. The summed E-state index contributed by atoms with van der Waals surface area (Å²) in [5.41, 5.74) is 5.90. The van der Waals surface area contributed by atoms with E-state index in [2.05, 4.69) is 6.92 Å². The quantitative estimate of drug-likeness (QED) is 0.726. The minimum absolute atomic E-state index is 0.0269. The van der Waals surface area contributed by atoms with Crippen molar-refractivity contribution < 1.29 is 19.5 Å². The average Bonchev–Trinajstić information content (AvgIpc) is 2.30. The van der Waals surface area contributed by atoms with Gasteiger partial charge in [-0.1, -0.05) is 19.9 Å². The van der Waals surface area contributed by atoms with Gasteiger partial charge in [0.1, 0.15) is 0 Å². The third-order valence-corrected chi connectivity index (χ3v) is 3.74. The number of amides is 1. The van der Waals surface area contributed by atoms with Crippen molar-refractivity contribution in [2.75, 3.05) is 0 Å². The predicted octanol–water partition coefficient (Wildman–Crippen LogP) is 1.90. The molecule has 0 spiro atoms. The SMILES string of the molecule is C[C@H]1C/C(=C\C[C@@H](CC(N)=O)CC(=O)O)C(=O)[C@@H](C)C1. The normalized spacial score (nSPS) is 26.5. The second-order valence-corrected chi connectivity index (χ2v) is 5.91. The number of primary amides is 1. The van der Waals surface area contributed by atoms with Gasteiger partial charge < -0.3 is 10.8 Å². The maximum atomic E-state index is 12.1. The molecule has 1 rings (SSSR count). The van der Waals surface area contributed by atoms with Crippen LogP contribution in [-0.2, 0) is 14.4 Å². The number of ketones is 1. The lowest BCUT2D eigenvalue weighted by Crippen LogP contribution is -2.24. The lowest BCUT2D eigenvalue weighted by Gasteiger charge is -2.25. The van der Waals surface area contributed by atoms with Crippen molar-refractivity contribution in [2.24, 2.45) is 23.5 Å². The third-order valence-electron chi connectivity index (χ3n) is 3.74. The standard InChI is InChI=1S/C15H23NO4/c1-9-5-10(2)15(20)12(6-9)4-3-11(7-13(16)17)8-14(18)19/h4,9-11H,3,5-8H2,1-2H3,(H2,16,17)(H,18,19)/b12-4+/t9-,10+,11+/m1/s1. The van der Waals surface area contributed by atoms with Crippen LogP contribution >= 0.6 is 0 Å². The number of allylic oxidation sites excluding steroid dienone is 2. The molecule has 0 aromatic carbocycles. The van der Waals surface area contributed by atoms with Crippen LogP contribution in [0, 0.1) is 17.8 Å². The van der Waals surface area contributed by atoms with E-state index < -0.39 is 11.9 Å². The van der Waals surface area contributed by atoms with Gasteiger partial charge in [-0.15, -0.1) is 0 Å². The molecular formula is C15H23NO4. The molecule has 112 valence electrons. The van der Waals surface area contributed by atoms with Crippen LogP contribution in [-0.4, -0.2) is 22.8 Å². The maximum absolute atomic E-state index is 12.1. The Morgan fingerprint density at radius 1 is 1.40 bits per heavy atom. The van der Waals surface area contributed by atoms with Crippen LogP contribution in [0.5, 0.6) is 0 Å². The fraction of sp³-hybridized carbons (Fsp3) is 0.667. The van der Waals surface area contributed by atoms with Crippen molar-refractivity contribution in [1.82, 2.24) is 0 Å². The average molecular weight is 281 g/mol. The molecule has 0 saturated heterocycles. The van der Waals surface area contributed by atoms with Gasteiger partial charge in [-0.3, -0.25) is 14.4 Å². The van der Waals surface area contributed by atoms with Gasteiger partial charge in [-0.25, -0.2) is 0 Å². The first-order chi connectivity index (χ1) is 9.29. The molecule has 0 radical (unpaired) electrons. The number of hydrogen-bond donors (Lipinski definition) is 2. The summed E-state index contributed by atoms with van der Waals surface area (Å²) >= 11 is 0. The Hall–Kier alpha value is -1.65. The van der Waals surface area contributed by atoms with E-state index >= 15 is 0 Å². The van der Waals surface area contributed by atoms with Gasteiger partial charge in [0, 0.05) is 18.8 Å². The van der Waals surface area contributed by atoms with Gasteiger partial charge in [-0.2, -0.15) is 0 Å². The summed E-state index contributed by atoms with van der Waals surface area (Å²) in [6.07, 6.45) is 3.79. The van der Waals surface area contributed by atoms with Crippen molar-refractivity contribution >= 4 is 17.7 Å². The Labute approximate surface area is 119 Å². The van der Waals surface area contributed by atoms with Gasteiger partial charge in [-0.05, 0) is 36.7 Å². The predicted molar refractivity (Wildman–Crippen MR) is 74.8 cm³/mol. The zero-order valence-electron chi connectivity index (χ0n) is 12.1. The van der Waals surface area contributed by atoms with Crippen LogP contribution in [0.15, 0.2) is 11.6 Å². The first-order valence-electron chi connectivity index (χ1n) is 7.03. The molecule has 0 aromatic heterocycles. The third kappa shape index (κ3) is 5.15. The molecule has 5 heteroatoms. The highest BCUT2D eigenvalue weighted by Gasteiger charge is 2.27. The van der Waals surface area contributed by atoms with E-state index in [0.29, 0.717) is 12.3 Å². The Bertz CT molecular complexity index is 412. The van der Waals surface area contributed by atoms with Gasteiger partial charge in [0.25, 0.3) is 0 Å². The van der Waals surface area contributed by atoms with Crippen LogP contribution in [0.3, 0.4) is 0 Å². The van der Waals surface area contributed by atoms with E-state index in [-0.39, 0.29) is 30.5 Å². The van der Waals surface area contributed by atoms with E-state index in [0.717, 1.165) is 18.4 Å². The number of carboxylic acids is 1. The smallest absolute Gasteiger partial charge is 0.303 e. The van der Waals surface area contributed by atoms with E-state index in [4.69, 9.17) is 10.8 Å². The number of Topliss-reactive ketones (excluding diaryl/α,β-unsaturated/α-hetero) is 1. The molecule has 0 unspecified atom stereocenters. The summed E-state index contributed by atoms with van der Waals surface area (Å²) in [4.78, 5) is 33.8. The molecule has 3 N–H and O–H groups in total. The molecule has 0 heterocycles. The molecule has 1 aliphatic rings. The van der Waals surface area contributed by atoms with E-state index in [1.54, 1.807) is 0 Å². The van der Waals surface area contributed by atoms with Crippen LogP contribution in [0.1, 0.15) is 46.0 Å². The molecule has 5 nitrogen and oxygen atoms in total. The van der Waals surface area contributed by atoms with Crippen LogP contribution in [0.25, 0.3) is 0 Å². The summed E-state index contributed by atoms with van der Waals surface area (Å²) in [5, 5.41) is 8.83. The van der Waals surface area contributed by atoms with Crippen molar-refractivity contribution in [3.63, 3.8) is 0 Å². The molecule has 0 aliphatic heterocycles. The minimum atomic E-state index is -0.952. The van der Waals surface area contributed by atoms with Gasteiger partial charge in [0.2, 0.25) is 5.91 Å². The Balaban J connectivity index is 2.72. The molecule has 1 aliphatic carbocycles. The van der Waals surface area contributed by atoms with Gasteiger partial charge in [0.05, 0.1) is 0 Å². The van der Waals surface area contributed by atoms with Crippen LogP contribution in [0.4, 0.5) is 0 Å². The summed E-state index contributed by atoms with van der Waals surface area (Å²) in [6.45, 7) is 4.03. The molecular weight excluding hydrogens is 258 g/mol. The van der Waals surface area contributed by atoms with Crippen molar-refractivity contribution in [3.8, 4) is 0 Å². The molecule has 3 atom stereocenters. The highest BCUT2D eigenvalue weighted by atomic mass is 16.4. The number of hydrogen-bond acceptors (Lipinski definition) is 3. The molecule has 1 amide bonds. The summed E-state index contributed by atoms with van der Waals surface area (Å²) in [7, 11) is 0. The highest BCUT2D eigenvalue weighted by Crippen LogP contribution is 2.30. The van der Waals surface area contributed by atoms with Crippen molar-refractivity contribution in [1.29, 1.82) is 0 Å². The number of carbonyl (C=O) groups excluding carboxylic acids is 2. The van der Waals surface area contributed by atoms with E-state index in [1.807, 2.05) is 13.0 Å². The first kappa shape index (κ1) is 16.4. The second kappa shape index (κ2) is 7.22. The van der Waals surface area contributed by atoms with Gasteiger partial charge in [0.15, 0.2) is 5.78 Å². The lowest BCUT2D eigenvalue weighted by atomic mass is 9.78. The molecule has 0 bridgehead atoms. The monoisotopic (exact) mass is 281 g/mol. The summed E-state index contributed by atoms with van der Waals surface area (Å²) in [5.74, 6) is -1.16. The lowest BCUT2D eigenvalue weighted by molar-refractivity contribution is -0.138. The van der Waals surface area contributed by atoms with Crippen molar-refractivity contribution in [2.45, 2.75) is 46.0 Å². The minimum Gasteiger partial charge on any atom is -0.481 e. The Morgan fingerprint density at radius 3 is 2.60 bits per heavy atom. The first-order valence-corrected chi connectivity index (χ1v) is 7.03. The highest BCUT2D eigenvalue weighted by molar-refractivity contribution is 5.97. The second-order valence-electron chi connectivity index (χ2n) is 5.91. The maximum Gasteiger partial charge on any atom is 0.303 e. The zero-order chi connectivity index (χ0) is 15.3. The van der Waals surface area contributed by atoms with Crippen molar-refractivity contribution in [3.05, 3.63) is 11.6 Å². The fourth-order valence-corrected chi connectivity index (χ4v) is 2.85. The van der Waals surface area contributed by atoms with E-state index in [1.165, 1.54) is 0 Å². The molecule has 1 saturated carbocycles. The Kier molecular flexibility index (Phi) is 5.92. The summed E-state index contributed by atoms with van der Waals surface area (Å²) < 4.78 is 0. The number of nitrogens with two attached hydrogens (primary N) is 1. The van der Waals surface area contributed by atoms with Gasteiger partial charge >= 0.3 is 5.97 Å². The summed E-state index contributed by atoms with van der Waals surface area (Å²) in [6, 6.07) is 0. The van der Waals surface area contributed by atoms with E-state index in [9.17, 15) is 14.4 Å². The Morgan fingerprint density at radius 2 is 2.05 bits per heavy atom. The number of carbonyl (C=O) groups is 3. The zero-order valence-corrected chi connectivity index (χ0v) is 12.1. The number of rotatable bonds is 6. The van der Waals surface area contributed by atoms with Crippen LogP contribution in [0.2, 0.25) is 0 Å². The topological polar surface area (TPSA) is 97.5 Å². The number of carboxylic acid groups (broad SMARTS) is 1. The fourth-order valence-electron chi connectivity index (χ4n) is 2.85.